The molecule has 6 heteroatoms. The Kier molecular flexibility index (Phi) is 7.17. The average molecular weight is 460 g/mol. The van der Waals surface area contributed by atoms with E-state index >= 15 is 0 Å². The van der Waals surface area contributed by atoms with E-state index in [1.165, 1.54) is 6.08 Å². The lowest BCUT2D eigenvalue weighted by Gasteiger charge is -2.25. The van der Waals surface area contributed by atoms with Crippen molar-refractivity contribution in [1.82, 2.24) is 4.98 Å². The number of pyridine rings is 1. The second kappa shape index (κ2) is 10.8. The van der Waals surface area contributed by atoms with Crippen LogP contribution in [0.4, 0.5) is 0 Å². The van der Waals surface area contributed by atoms with Crippen molar-refractivity contribution >= 4 is 22.8 Å². The lowest BCUT2D eigenvalue weighted by molar-refractivity contribution is -0.107. The zero-order chi connectivity index (χ0) is 23.2. The maximum Gasteiger partial charge on any atom is 0.199 e. The summed E-state index contributed by atoms with van der Waals surface area (Å²) < 4.78 is 23.5. The molecular weight excluding hydrogens is 430 g/mol. The van der Waals surface area contributed by atoms with Gasteiger partial charge in [-0.1, -0.05) is 24.3 Å². The summed E-state index contributed by atoms with van der Waals surface area (Å²) in [5, 5.41) is 1.06. The predicted octanol–water partition coefficient (Wildman–Crippen LogP) is 5.94. The summed E-state index contributed by atoms with van der Waals surface area (Å²) in [7, 11) is 0. The highest BCUT2D eigenvalue weighted by Crippen LogP contribution is 2.30. The van der Waals surface area contributed by atoms with E-state index in [0.717, 1.165) is 49.4 Å². The van der Waals surface area contributed by atoms with Crippen molar-refractivity contribution < 1.29 is 23.7 Å². The van der Waals surface area contributed by atoms with Crippen molar-refractivity contribution in [3.05, 3.63) is 71.9 Å². The van der Waals surface area contributed by atoms with Crippen LogP contribution in [0.1, 0.15) is 54.6 Å². The van der Waals surface area contributed by atoms with Crippen molar-refractivity contribution in [2.75, 3.05) is 13.2 Å². The molecule has 0 N–H and O–H groups in total. The number of fused-ring (bicyclic) bond motifs is 1. The van der Waals surface area contributed by atoms with Crippen LogP contribution in [0.25, 0.3) is 17.0 Å². The average Bonchev–Trinajstić information content (AvgIpc) is 2.89. The fourth-order valence-corrected chi connectivity index (χ4v) is 4.20. The molecule has 3 aromatic rings. The summed E-state index contributed by atoms with van der Waals surface area (Å²) >= 11 is 0. The van der Waals surface area contributed by atoms with Gasteiger partial charge in [0.05, 0.1) is 30.0 Å². The number of ketones is 1. The molecule has 2 fully saturated rings. The molecule has 5 rings (SSSR count). The van der Waals surface area contributed by atoms with Crippen LogP contribution in [0.3, 0.4) is 0 Å². The van der Waals surface area contributed by atoms with Gasteiger partial charge in [-0.25, -0.2) is 4.98 Å². The van der Waals surface area contributed by atoms with Crippen LogP contribution < -0.4 is 9.47 Å². The molecule has 0 spiro atoms. The van der Waals surface area contributed by atoms with Gasteiger partial charge in [0, 0.05) is 18.2 Å². The van der Waals surface area contributed by atoms with E-state index in [1.54, 1.807) is 18.2 Å². The molecular formula is C28H29NO5. The first-order valence-corrected chi connectivity index (χ1v) is 12.0. The number of carbonyl (C=O) groups excluding carboxylic acids is 1. The highest BCUT2D eigenvalue weighted by molar-refractivity contribution is 6.08. The Labute approximate surface area is 199 Å². The Balaban J connectivity index is 1.38. The first kappa shape index (κ1) is 22.6. The minimum atomic E-state index is -0.347. The van der Waals surface area contributed by atoms with Crippen LogP contribution in [0.15, 0.2) is 60.7 Å². The normalized spacial score (nSPS) is 20.9. The fourth-order valence-electron chi connectivity index (χ4n) is 4.20. The smallest absolute Gasteiger partial charge is 0.199 e. The molecule has 34 heavy (non-hydrogen) atoms. The van der Waals surface area contributed by atoms with E-state index in [9.17, 15) is 4.79 Å². The van der Waals surface area contributed by atoms with Gasteiger partial charge in [0.1, 0.15) is 11.5 Å². The van der Waals surface area contributed by atoms with Crippen molar-refractivity contribution in [2.45, 2.75) is 51.1 Å². The number of rotatable bonds is 7. The fraction of sp³-hybridized carbons (Fsp3) is 0.357. The molecule has 2 atom stereocenters. The molecule has 0 radical (unpaired) electrons. The van der Waals surface area contributed by atoms with Crippen LogP contribution in [0.2, 0.25) is 0 Å². The van der Waals surface area contributed by atoms with Crippen molar-refractivity contribution in [3.63, 3.8) is 0 Å². The second-order valence-electron chi connectivity index (χ2n) is 8.61. The van der Waals surface area contributed by atoms with Crippen LogP contribution in [0.5, 0.6) is 11.5 Å². The van der Waals surface area contributed by atoms with Crippen LogP contribution in [-0.2, 0) is 9.47 Å². The Bertz CT molecular complexity index is 1160. The minimum absolute atomic E-state index is 0.184. The van der Waals surface area contributed by atoms with Gasteiger partial charge < -0.3 is 18.9 Å². The zero-order valence-corrected chi connectivity index (χ0v) is 19.2. The van der Waals surface area contributed by atoms with Gasteiger partial charge in [-0.3, -0.25) is 4.79 Å². The zero-order valence-electron chi connectivity index (χ0n) is 19.2. The Morgan fingerprint density at radius 3 is 2.41 bits per heavy atom. The highest BCUT2D eigenvalue weighted by Gasteiger charge is 2.21. The van der Waals surface area contributed by atoms with Gasteiger partial charge in [-0.15, -0.1) is 0 Å². The lowest BCUT2D eigenvalue weighted by Crippen LogP contribution is -2.26. The monoisotopic (exact) mass is 459 g/mol. The van der Waals surface area contributed by atoms with Gasteiger partial charge in [-0.05, 0) is 68.2 Å². The largest absolute Gasteiger partial charge is 0.465 e. The first-order chi connectivity index (χ1) is 16.7. The minimum Gasteiger partial charge on any atom is -0.465 e. The Morgan fingerprint density at radius 1 is 0.882 bits per heavy atom. The van der Waals surface area contributed by atoms with Crippen LogP contribution in [-0.4, -0.2) is 36.6 Å². The summed E-state index contributed by atoms with van der Waals surface area (Å²) in [6.45, 7) is 1.36. The summed E-state index contributed by atoms with van der Waals surface area (Å²) in [6.07, 6.45) is 8.45. The molecule has 6 nitrogen and oxygen atoms in total. The Morgan fingerprint density at radius 2 is 1.65 bits per heavy atom. The van der Waals surface area contributed by atoms with Gasteiger partial charge in [-0.2, -0.15) is 0 Å². The lowest BCUT2D eigenvalue weighted by atomic mass is 10.1. The molecule has 0 aliphatic carbocycles. The molecule has 0 saturated carbocycles. The Hall–Kier alpha value is -3.22. The van der Waals surface area contributed by atoms with Gasteiger partial charge in [0.15, 0.2) is 18.4 Å². The molecule has 2 aliphatic heterocycles. The molecule has 1 aromatic heterocycles. The standard InChI is InChI=1S/C28H29NO5/c30-25(15-13-21-12-11-20-7-1-2-8-24(20)29-21)23-19-22(33-27-9-3-5-17-31-27)14-16-26(23)34-28-10-4-6-18-32-28/h1-2,7-8,11-16,19,27-28H,3-6,9-10,17-18H2/b15-13+. The molecule has 3 heterocycles. The van der Waals surface area contributed by atoms with E-state index in [1.807, 2.05) is 42.5 Å². The molecule has 0 bridgehead atoms. The summed E-state index contributed by atoms with van der Waals surface area (Å²) in [4.78, 5) is 17.9. The summed E-state index contributed by atoms with van der Waals surface area (Å²) in [5.41, 5.74) is 2.03. The second-order valence-corrected chi connectivity index (χ2v) is 8.61. The summed E-state index contributed by atoms with van der Waals surface area (Å²) in [6, 6.07) is 17.1. The predicted molar refractivity (Wildman–Crippen MR) is 130 cm³/mol. The number of hydrogen-bond donors (Lipinski definition) is 0. The third-order valence-corrected chi connectivity index (χ3v) is 6.04. The number of para-hydroxylation sites is 1. The number of aromatic nitrogens is 1. The van der Waals surface area contributed by atoms with Gasteiger partial charge in [0.2, 0.25) is 0 Å². The van der Waals surface area contributed by atoms with Crippen molar-refractivity contribution in [2.24, 2.45) is 0 Å². The van der Waals surface area contributed by atoms with Crippen molar-refractivity contribution in [1.29, 1.82) is 0 Å². The number of carbonyl (C=O) groups is 1. The third kappa shape index (κ3) is 5.64. The topological polar surface area (TPSA) is 66.9 Å². The van der Waals surface area contributed by atoms with E-state index in [0.29, 0.717) is 36.0 Å². The molecule has 2 unspecified atom stereocenters. The van der Waals surface area contributed by atoms with Gasteiger partial charge in [0.25, 0.3) is 0 Å². The molecule has 2 aliphatic rings. The SMILES string of the molecule is O=C(/C=C/c1ccc2ccccc2n1)c1cc(OC2CCCCO2)ccc1OC1CCCCO1. The third-order valence-electron chi connectivity index (χ3n) is 6.04. The van der Waals surface area contributed by atoms with Crippen LogP contribution in [0, 0.1) is 0 Å². The van der Waals surface area contributed by atoms with E-state index in [4.69, 9.17) is 18.9 Å². The van der Waals surface area contributed by atoms with E-state index < -0.39 is 0 Å². The number of hydrogen-bond acceptors (Lipinski definition) is 6. The molecule has 176 valence electrons. The number of benzene rings is 2. The maximum absolute atomic E-state index is 13.3. The molecule has 2 aromatic carbocycles. The van der Waals surface area contributed by atoms with E-state index in [2.05, 4.69) is 4.98 Å². The number of nitrogens with zero attached hydrogens (tertiary/aromatic N) is 1. The summed E-state index contributed by atoms with van der Waals surface area (Å²) in [5.74, 6) is 0.894. The van der Waals surface area contributed by atoms with Crippen molar-refractivity contribution in [3.8, 4) is 11.5 Å². The highest BCUT2D eigenvalue weighted by atomic mass is 16.7. The maximum atomic E-state index is 13.3. The molecule has 0 amide bonds. The quantitative estimate of drug-likeness (QED) is 0.322. The van der Waals surface area contributed by atoms with E-state index in [-0.39, 0.29) is 18.4 Å². The van der Waals surface area contributed by atoms with Crippen LogP contribution >= 0.6 is 0 Å². The number of allylic oxidation sites excluding steroid dienone is 1. The first-order valence-electron chi connectivity index (χ1n) is 12.0. The van der Waals surface area contributed by atoms with Gasteiger partial charge >= 0.3 is 0 Å². The number of ether oxygens (including phenoxy) is 4. The molecule has 2 saturated heterocycles.